The van der Waals surface area contributed by atoms with Gasteiger partial charge in [0, 0.05) is 51.9 Å². The molecule has 320 valence electrons. The Labute approximate surface area is 377 Å². The van der Waals surface area contributed by atoms with Gasteiger partial charge in [-0.15, -0.1) is 12.1 Å². The molecule has 4 heterocycles. The first kappa shape index (κ1) is 43.1. The van der Waals surface area contributed by atoms with Gasteiger partial charge < -0.3 is 19.2 Å². The van der Waals surface area contributed by atoms with Crippen LogP contribution in [0.4, 0.5) is 77.8 Å². The van der Waals surface area contributed by atoms with Crippen LogP contribution in [0.2, 0.25) is 0 Å². The smallest absolute Gasteiger partial charge is 0.343 e. The molecule has 9 rings (SSSR count). The van der Waals surface area contributed by atoms with Gasteiger partial charge in [0.1, 0.15) is 11.6 Å². The van der Waals surface area contributed by atoms with Crippen LogP contribution in [0, 0.1) is 12.4 Å². The molecule has 0 unspecified atom stereocenters. The Morgan fingerprint density at radius 2 is 0.656 bits per heavy atom. The summed E-state index contributed by atoms with van der Waals surface area (Å²) in [6.45, 7) is 0. The molecule has 9 nitrogen and oxygen atoms in total. The van der Waals surface area contributed by atoms with Crippen molar-refractivity contribution in [3.63, 3.8) is 0 Å². The first-order valence-corrected chi connectivity index (χ1v) is 19.3. The van der Waals surface area contributed by atoms with E-state index in [1.807, 2.05) is 131 Å². The van der Waals surface area contributed by atoms with Crippen LogP contribution in [-0.4, -0.2) is 29.5 Å². The summed E-state index contributed by atoms with van der Waals surface area (Å²) in [5.41, 5.74) is 1.96. The first-order valence-electron chi connectivity index (χ1n) is 19.3. The molecule has 0 atom stereocenters. The summed E-state index contributed by atoms with van der Waals surface area (Å²) in [5, 5.41) is 7.66. The molecule has 0 fully saturated rings. The van der Waals surface area contributed by atoms with Gasteiger partial charge in [-0.1, -0.05) is 103 Å². The Morgan fingerprint density at radius 1 is 0.375 bits per heavy atom. The maximum Gasteiger partial charge on any atom is 2.00 e. The van der Waals surface area contributed by atoms with Gasteiger partial charge in [0.15, 0.2) is 0 Å². The zero-order valence-corrected chi connectivity index (χ0v) is 35.3. The number of anilines is 9. The number of hydrogen-bond donors (Lipinski definition) is 0. The summed E-state index contributed by atoms with van der Waals surface area (Å²) in [5.74, 6) is 0.255. The van der Waals surface area contributed by atoms with Crippen molar-refractivity contribution in [2.75, 3.05) is 14.7 Å². The topological polar surface area (TPSA) is 71.1 Å². The molecule has 64 heavy (non-hydrogen) atoms. The number of pyridine rings is 2. The average Bonchev–Trinajstić information content (AvgIpc) is 4.02. The minimum absolute atomic E-state index is 0. The van der Waals surface area contributed by atoms with Gasteiger partial charge in [-0.05, 0) is 72.8 Å². The number of para-hydroxylation sites is 5. The zero-order chi connectivity index (χ0) is 43.6. The average molecular weight is 1040 g/mol. The number of rotatable bonds is 11. The van der Waals surface area contributed by atoms with E-state index in [-0.39, 0.29) is 44.3 Å². The van der Waals surface area contributed by atoms with Gasteiger partial charge in [-0.2, -0.15) is 26.3 Å². The number of halogens is 6. The van der Waals surface area contributed by atoms with Crippen LogP contribution < -0.4 is 14.7 Å². The number of alkyl halides is 6. The van der Waals surface area contributed by atoms with Crippen LogP contribution in [0.1, 0.15) is 11.4 Å². The normalized spacial score (nSPS) is 11.5. The van der Waals surface area contributed by atoms with Gasteiger partial charge in [0.25, 0.3) is 0 Å². The largest absolute Gasteiger partial charge is 2.00 e. The summed E-state index contributed by atoms with van der Waals surface area (Å²) in [7, 11) is 0. The molecule has 0 radical (unpaired) electrons. The van der Waals surface area contributed by atoms with E-state index < -0.39 is 23.7 Å². The molecule has 0 amide bonds. The molecule has 5 aromatic carbocycles. The van der Waals surface area contributed by atoms with E-state index in [0.29, 0.717) is 17.1 Å². The van der Waals surface area contributed by atoms with Crippen LogP contribution in [0.15, 0.2) is 188 Å². The Kier molecular flexibility index (Phi) is 12.2. The minimum atomic E-state index is -4.77. The minimum Gasteiger partial charge on any atom is -0.343 e. The standard InChI is InChI=1S/C48H31F6N9.Pt/c49-47(50,51)41-26-28-59(57-41)43-30-39(61(34-16-6-1-7-17-34)35-18-8-2-9-19-35)32-45(55-43)63(38-24-14-5-15-25-38)46-33-40(31-44(56-46)60-29-27-42(58-60)48(52,53)54)62(36-20-10-3-11-21-36)37-22-12-4-13-23-37;/h1-27,30-33H;/q-2;+2. The van der Waals surface area contributed by atoms with E-state index >= 15 is 0 Å². The summed E-state index contributed by atoms with van der Waals surface area (Å²) >= 11 is 0. The van der Waals surface area contributed by atoms with Crippen molar-refractivity contribution in [3.8, 4) is 11.6 Å². The second-order valence-corrected chi connectivity index (χ2v) is 13.9. The third-order valence-corrected chi connectivity index (χ3v) is 9.69. The molecule has 16 heteroatoms. The van der Waals surface area contributed by atoms with E-state index in [0.717, 1.165) is 44.2 Å². The number of nitrogens with zero attached hydrogens (tertiary/aromatic N) is 9. The van der Waals surface area contributed by atoms with Gasteiger partial charge in [0.2, 0.25) is 0 Å². The molecule has 0 bridgehead atoms. The van der Waals surface area contributed by atoms with Crippen molar-refractivity contribution in [2.24, 2.45) is 0 Å². The van der Waals surface area contributed by atoms with E-state index in [9.17, 15) is 26.3 Å². The first-order chi connectivity index (χ1) is 30.5. The van der Waals surface area contributed by atoms with Crippen molar-refractivity contribution in [2.45, 2.75) is 12.4 Å². The third-order valence-electron chi connectivity index (χ3n) is 9.69. The fourth-order valence-corrected chi connectivity index (χ4v) is 6.93. The van der Waals surface area contributed by atoms with Crippen LogP contribution in [0.5, 0.6) is 0 Å². The van der Waals surface area contributed by atoms with Crippen LogP contribution >= 0.6 is 0 Å². The monoisotopic (exact) mass is 1040 g/mol. The zero-order valence-electron chi connectivity index (χ0n) is 33.0. The molecule has 0 saturated carbocycles. The predicted molar refractivity (Wildman–Crippen MR) is 228 cm³/mol. The summed E-state index contributed by atoms with van der Waals surface area (Å²) in [6.07, 6.45) is -4.37. The summed E-state index contributed by atoms with van der Waals surface area (Å²) < 4.78 is 85.8. The Hall–Kier alpha value is -7.51. The van der Waals surface area contributed by atoms with Crippen LogP contribution in [-0.2, 0) is 33.4 Å². The molecule has 0 saturated heterocycles. The molecule has 9 aromatic rings. The second-order valence-electron chi connectivity index (χ2n) is 13.9. The fourth-order valence-electron chi connectivity index (χ4n) is 6.93. The van der Waals surface area contributed by atoms with Gasteiger partial charge in [0.05, 0.1) is 23.0 Å². The SMILES string of the molecule is FC(F)(F)c1c[c-]n(-c2cc(N(c3ccccc3)c3ccccc3)cc(N(c3ccccc3)c3cc(N(c4ccccc4)c4ccccc4)cc(-n4[c-]cc(C(F)(F)F)n4)n3)n2)n1.[Pt+2]. The molecule has 0 aliphatic carbocycles. The maximum absolute atomic E-state index is 14.0. The van der Waals surface area contributed by atoms with E-state index in [4.69, 9.17) is 9.97 Å². The molecule has 0 aliphatic heterocycles. The molecule has 4 aromatic heterocycles. The molecular weight excluding hydrogens is 1010 g/mol. The summed E-state index contributed by atoms with van der Waals surface area (Å²) in [6, 6.07) is 54.5. The predicted octanol–water partition coefficient (Wildman–Crippen LogP) is 12.9. The fraction of sp³-hybridized carbons (Fsp3) is 0.0417. The number of hydrogen-bond acceptors (Lipinski definition) is 7. The maximum atomic E-state index is 14.0. The van der Waals surface area contributed by atoms with Crippen molar-refractivity contribution in [3.05, 3.63) is 212 Å². The Bertz CT molecular complexity index is 2690. The second kappa shape index (κ2) is 18.1. The molecule has 0 N–H and O–H groups in total. The Balaban J connectivity index is 0.00000560. The van der Waals surface area contributed by atoms with Crippen molar-refractivity contribution in [1.29, 1.82) is 0 Å². The number of aromatic nitrogens is 6. The molecular formula is C48H31F6N9Pt. The van der Waals surface area contributed by atoms with Gasteiger partial charge in [-0.25, -0.2) is 0 Å². The molecule has 0 spiro atoms. The van der Waals surface area contributed by atoms with E-state index in [1.165, 1.54) is 0 Å². The van der Waals surface area contributed by atoms with E-state index in [2.05, 4.69) is 22.6 Å². The quantitative estimate of drug-likeness (QED) is 0.0944. The van der Waals surface area contributed by atoms with Crippen molar-refractivity contribution in [1.82, 2.24) is 29.5 Å². The van der Waals surface area contributed by atoms with E-state index in [1.54, 1.807) is 59.5 Å². The van der Waals surface area contributed by atoms with Gasteiger partial charge >= 0.3 is 33.4 Å². The third kappa shape index (κ3) is 9.16. The Morgan fingerprint density at radius 3 is 0.922 bits per heavy atom. The summed E-state index contributed by atoms with van der Waals surface area (Å²) in [4.78, 5) is 15.3. The van der Waals surface area contributed by atoms with Crippen LogP contribution in [0.25, 0.3) is 11.6 Å². The van der Waals surface area contributed by atoms with Crippen LogP contribution in [0.3, 0.4) is 0 Å². The number of benzene rings is 5. The van der Waals surface area contributed by atoms with Gasteiger partial charge in [-0.3, -0.25) is 25.1 Å². The molecule has 0 aliphatic rings. The van der Waals surface area contributed by atoms with Crippen molar-refractivity contribution < 1.29 is 47.4 Å². The van der Waals surface area contributed by atoms with Crippen molar-refractivity contribution >= 4 is 51.4 Å².